The number of carbonyl (C=O) groups excluding carboxylic acids is 1. The van der Waals surface area contributed by atoms with Crippen LogP contribution < -0.4 is 5.32 Å². The predicted octanol–water partition coefficient (Wildman–Crippen LogP) is 3.36. The fourth-order valence-corrected chi connectivity index (χ4v) is 2.69. The molecule has 0 aliphatic heterocycles. The lowest BCUT2D eigenvalue weighted by Crippen LogP contribution is -2.61. The molecule has 0 bridgehead atoms. The average molecular weight is 366 g/mol. The number of hydrogen-bond acceptors (Lipinski definition) is 2. The third-order valence-corrected chi connectivity index (χ3v) is 4.55. The third kappa shape index (κ3) is 3.08. The molecule has 0 saturated heterocycles. The first-order valence-corrected chi connectivity index (χ1v) is 7.18. The Kier molecular flexibility index (Phi) is 4.10. The van der Waals surface area contributed by atoms with E-state index in [-0.39, 0.29) is 10.5 Å². The summed E-state index contributed by atoms with van der Waals surface area (Å²) in [7, 11) is 0. The Labute approximate surface area is 128 Å². The number of hydrogen-bond donors (Lipinski definition) is 2. The Bertz CT molecular complexity index is 572. The van der Waals surface area contributed by atoms with Gasteiger partial charge in [0.2, 0.25) is 0 Å². The molecule has 116 valence electrons. The summed E-state index contributed by atoms with van der Waals surface area (Å²) in [6.45, 7) is 3.52. The molecule has 21 heavy (non-hydrogen) atoms. The SMILES string of the molecule is CC1(C)C(O)CC1NC(=O)c1ccc(Br)cc1C(F)(F)F. The zero-order valence-electron chi connectivity index (χ0n) is 11.5. The molecule has 2 N–H and O–H groups in total. The highest BCUT2D eigenvalue weighted by atomic mass is 79.9. The van der Waals surface area contributed by atoms with Gasteiger partial charge in [-0.3, -0.25) is 4.79 Å². The molecule has 1 aliphatic rings. The normalized spacial score (nSPS) is 24.3. The minimum atomic E-state index is -4.61. The summed E-state index contributed by atoms with van der Waals surface area (Å²) in [5, 5.41) is 12.2. The summed E-state index contributed by atoms with van der Waals surface area (Å²) >= 11 is 2.97. The van der Waals surface area contributed by atoms with Crippen LogP contribution in [-0.2, 0) is 6.18 Å². The van der Waals surface area contributed by atoms with Crippen molar-refractivity contribution in [1.82, 2.24) is 5.32 Å². The lowest BCUT2D eigenvalue weighted by atomic mass is 9.64. The maximum Gasteiger partial charge on any atom is 0.417 e. The predicted molar refractivity (Wildman–Crippen MR) is 74.8 cm³/mol. The van der Waals surface area contributed by atoms with E-state index < -0.39 is 34.7 Å². The molecule has 1 amide bonds. The van der Waals surface area contributed by atoms with E-state index in [0.717, 1.165) is 12.1 Å². The number of carbonyl (C=O) groups is 1. The van der Waals surface area contributed by atoms with Gasteiger partial charge in [0.15, 0.2) is 0 Å². The van der Waals surface area contributed by atoms with Gasteiger partial charge in [0.05, 0.1) is 17.2 Å². The van der Waals surface area contributed by atoms with Gasteiger partial charge in [-0.25, -0.2) is 0 Å². The number of halogens is 4. The molecule has 0 radical (unpaired) electrons. The zero-order chi connectivity index (χ0) is 16.0. The second kappa shape index (κ2) is 5.28. The van der Waals surface area contributed by atoms with E-state index >= 15 is 0 Å². The highest BCUT2D eigenvalue weighted by molar-refractivity contribution is 9.10. The lowest BCUT2D eigenvalue weighted by Gasteiger charge is -2.49. The first-order chi connectivity index (χ1) is 9.53. The zero-order valence-corrected chi connectivity index (χ0v) is 13.0. The standard InChI is InChI=1S/C14H15BrF3NO2/c1-13(2)10(6-11(13)20)19-12(21)8-4-3-7(15)5-9(8)14(16,17)18/h3-5,10-11,20H,6H2,1-2H3,(H,19,21). The molecule has 2 unspecified atom stereocenters. The van der Waals surface area contributed by atoms with Crippen molar-refractivity contribution < 1.29 is 23.1 Å². The summed E-state index contributed by atoms with van der Waals surface area (Å²) in [5.74, 6) is -0.778. The van der Waals surface area contributed by atoms with E-state index in [1.54, 1.807) is 13.8 Å². The highest BCUT2D eigenvalue weighted by Gasteiger charge is 2.48. The quantitative estimate of drug-likeness (QED) is 0.844. The number of benzene rings is 1. The minimum absolute atomic E-state index is 0.255. The Balaban J connectivity index is 2.25. The Morgan fingerprint density at radius 3 is 2.52 bits per heavy atom. The van der Waals surface area contributed by atoms with Crippen LogP contribution in [0.1, 0.15) is 36.2 Å². The summed E-state index contributed by atoms with van der Waals surface area (Å²) < 4.78 is 39.2. The second-order valence-electron chi connectivity index (χ2n) is 5.79. The molecule has 0 spiro atoms. The first kappa shape index (κ1) is 16.3. The number of aliphatic hydroxyl groups excluding tert-OH is 1. The highest BCUT2D eigenvalue weighted by Crippen LogP contribution is 2.41. The van der Waals surface area contributed by atoms with E-state index in [2.05, 4.69) is 21.2 Å². The van der Waals surface area contributed by atoms with Crippen molar-refractivity contribution in [2.75, 3.05) is 0 Å². The molecule has 0 heterocycles. The van der Waals surface area contributed by atoms with Crippen LogP contribution in [0.4, 0.5) is 13.2 Å². The summed E-state index contributed by atoms with van der Waals surface area (Å²) in [6.07, 6.45) is -4.82. The molecule has 7 heteroatoms. The topological polar surface area (TPSA) is 49.3 Å². The van der Waals surface area contributed by atoms with Gasteiger partial charge >= 0.3 is 6.18 Å². The van der Waals surface area contributed by atoms with Crippen LogP contribution in [0.2, 0.25) is 0 Å². The molecule has 3 nitrogen and oxygen atoms in total. The Morgan fingerprint density at radius 1 is 1.43 bits per heavy atom. The van der Waals surface area contributed by atoms with Gasteiger partial charge in [-0.1, -0.05) is 29.8 Å². The summed E-state index contributed by atoms with van der Waals surface area (Å²) in [6, 6.07) is 3.08. The number of amides is 1. The summed E-state index contributed by atoms with van der Waals surface area (Å²) in [5.41, 5.74) is -1.93. The molecule has 2 atom stereocenters. The van der Waals surface area contributed by atoms with Crippen molar-refractivity contribution in [3.63, 3.8) is 0 Å². The third-order valence-electron chi connectivity index (χ3n) is 4.05. The molecule has 1 fully saturated rings. The van der Waals surface area contributed by atoms with E-state index in [1.807, 2.05) is 0 Å². The lowest BCUT2D eigenvalue weighted by molar-refractivity contribution is -0.138. The van der Waals surface area contributed by atoms with Crippen molar-refractivity contribution in [3.8, 4) is 0 Å². The Hall–Kier alpha value is -1.08. The molecule has 1 saturated carbocycles. The van der Waals surface area contributed by atoms with Crippen LogP contribution in [0.15, 0.2) is 22.7 Å². The van der Waals surface area contributed by atoms with Crippen LogP contribution in [0, 0.1) is 5.41 Å². The molecular formula is C14H15BrF3NO2. The maximum absolute atomic E-state index is 13.0. The van der Waals surface area contributed by atoms with Crippen LogP contribution >= 0.6 is 15.9 Å². The number of nitrogens with one attached hydrogen (secondary N) is 1. The van der Waals surface area contributed by atoms with E-state index in [0.29, 0.717) is 6.42 Å². The molecule has 1 aromatic carbocycles. The minimum Gasteiger partial charge on any atom is -0.392 e. The van der Waals surface area contributed by atoms with Gasteiger partial charge in [-0.05, 0) is 24.6 Å². The van der Waals surface area contributed by atoms with E-state index in [4.69, 9.17) is 0 Å². The van der Waals surface area contributed by atoms with Crippen molar-refractivity contribution in [2.24, 2.45) is 5.41 Å². The number of alkyl halides is 3. The first-order valence-electron chi connectivity index (χ1n) is 6.39. The largest absolute Gasteiger partial charge is 0.417 e. The number of rotatable bonds is 2. The smallest absolute Gasteiger partial charge is 0.392 e. The van der Waals surface area contributed by atoms with Crippen LogP contribution in [0.5, 0.6) is 0 Å². The fourth-order valence-electron chi connectivity index (χ4n) is 2.33. The molecule has 2 rings (SSSR count). The fraction of sp³-hybridized carbons (Fsp3) is 0.500. The summed E-state index contributed by atoms with van der Waals surface area (Å²) in [4.78, 5) is 12.1. The monoisotopic (exact) mass is 365 g/mol. The molecule has 1 aliphatic carbocycles. The van der Waals surface area contributed by atoms with Crippen LogP contribution in [0.3, 0.4) is 0 Å². The second-order valence-corrected chi connectivity index (χ2v) is 6.70. The van der Waals surface area contributed by atoms with Crippen LogP contribution in [0.25, 0.3) is 0 Å². The van der Waals surface area contributed by atoms with Crippen molar-refractivity contribution in [2.45, 2.75) is 38.6 Å². The van der Waals surface area contributed by atoms with Gasteiger partial charge in [0.1, 0.15) is 0 Å². The Morgan fingerprint density at radius 2 is 2.05 bits per heavy atom. The van der Waals surface area contributed by atoms with Crippen molar-refractivity contribution in [1.29, 1.82) is 0 Å². The van der Waals surface area contributed by atoms with Gasteiger partial charge in [-0.15, -0.1) is 0 Å². The van der Waals surface area contributed by atoms with Gasteiger partial charge < -0.3 is 10.4 Å². The number of aliphatic hydroxyl groups is 1. The van der Waals surface area contributed by atoms with Crippen molar-refractivity contribution >= 4 is 21.8 Å². The van der Waals surface area contributed by atoms with E-state index in [9.17, 15) is 23.1 Å². The molecular weight excluding hydrogens is 351 g/mol. The van der Waals surface area contributed by atoms with E-state index in [1.165, 1.54) is 6.07 Å². The van der Waals surface area contributed by atoms with Crippen molar-refractivity contribution in [3.05, 3.63) is 33.8 Å². The van der Waals surface area contributed by atoms with Crippen LogP contribution in [-0.4, -0.2) is 23.2 Å². The van der Waals surface area contributed by atoms with Gasteiger partial charge in [0.25, 0.3) is 5.91 Å². The molecule has 1 aromatic rings. The maximum atomic E-state index is 13.0. The van der Waals surface area contributed by atoms with Gasteiger partial charge in [-0.2, -0.15) is 13.2 Å². The average Bonchev–Trinajstić information content (AvgIpc) is 2.37. The van der Waals surface area contributed by atoms with Gasteiger partial charge in [0, 0.05) is 15.9 Å². The molecule has 0 aromatic heterocycles.